The molecule has 2 aliphatic carbocycles. The third kappa shape index (κ3) is 6.74. The zero-order valence-electron chi connectivity index (χ0n) is 21.3. The van der Waals surface area contributed by atoms with E-state index in [0.717, 1.165) is 74.0 Å². The van der Waals surface area contributed by atoms with Crippen LogP contribution in [0.2, 0.25) is 0 Å². The monoisotopic (exact) mass is 532 g/mol. The number of aromatic nitrogens is 1. The molecule has 202 valence electrons. The molecule has 0 aromatic carbocycles. The van der Waals surface area contributed by atoms with E-state index in [2.05, 4.69) is 15.6 Å². The number of rotatable bonds is 10. The number of amides is 4. The number of thiazole rings is 1. The summed E-state index contributed by atoms with van der Waals surface area (Å²) in [6.07, 6.45) is 11.8. The van der Waals surface area contributed by atoms with Gasteiger partial charge >= 0.3 is 12.0 Å². The minimum Gasteiger partial charge on any atom is -0.460 e. The summed E-state index contributed by atoms with van der Waals surface area (Å²) in [6.45, 7) is 1.66. The van der Waals surface area contributed by atoms with Gasteiger partial charge in [-0.1, -0.05) is 64.2 Å². The van der Waals surface area contributed by atoms with Crippen LogP contribution >= 0.6 is 11.3 Å². The van der Waals surface area contributed by atoms with Crippen LogP contribution < -0.4 is 10.6 Å². The zero-order valence-corrected chi connectivity index (χ0v) is 22.1. The van der Waals surface area contributed by atoms with Gasteiger partial charge in [0.05, 0.1) is 6.61 Å². The number of nitrogens with zero attached hydrogens (tertiary/aromatic N) is 2. The summed E-state index contributed by atoms with van der Waals surface area (Å²) >= 11 is 0.997. The van der Waals surface area contributed by atoms with E-state index in [1.807, 2.05) is 0 Å². The van der Waals surface area contributed by atoms with Gasteiger partial charge in [-0.3, -0.25) is 14.4 Å². The van der Waals surface area contributed by atoms with Crippen LogP contribution in [-0.2, 0) is 19.1 Å². The van der Waals surface area contributed by atoms with E-state index >= 15 is 0 Å². The Morgan fingerprint density at radius 3 is 2.38 bits per heavy atom. The molecule has 3 aliphatic rings. The van der Waals surface area contributed by atoms with Gasteiger partial charge in [-0.25, -0.2) is 19.5 Å². The molecule has 0 bridgehead atoms. The van der Waals surface area contributed by atoms with Crippen LogP contribution in [0.5, 0.6) is 0 Å². The van der Waals surface area contributed by atoms with Crippen molar-refractivity contribution in [3.63, 3.8) is 0 Å². The maximum absolute atomic E-state index is 13.5. The van der Waals surface area contributed by atoms with E-state index in [-0.39, 0.29) is 29.3 Å². The van der Waals surface area contributed by atoms with Crippen molar-refractivity contribution in [2.75, 3.05) is 11.9 Å². The summed E-state index contributed by atoms with van der Waals surface area (Å²) in [5, 5.41) is 7.01. The standard InChI is InChI=1S/C26H36N4O6S/c1-2-36-24(34)21(31)19-15-37-25(27-19)29-22(32)20(14-17-11-7-4-8-12-17)30-23(33)18(28-26(30)35)13-16-9-5-3-6-10-16/h15-18,20H,2-14H2,1H3,(H,28,35)(H,27,29,32). The predicted octanol–water partition coefficient (Wildman–Crippen LogP) is 4.06. The van der Waals surface area contributed by atoms with Crippen LogP contribution in [0.4, 0.5) is 9.93 Å². The zero-order chi connectivity index (χ0) is 26.4. The predicted molar refractivity (Wildman–Crippen MR) is 137 cm³/mol. The second kappa shape index (κ2) is 12.6. The van der Waals surface area contributed by atoms with Crippen molar-refractivity contribution in [1.82, 2.24) is 15.2 Å². The number of imide groups is 1. The van der Waals surface area contributed by atoms with E-state index in [4.69, 9.17) is 4.74 Å². The van der Waals surface area contributed by atoms with Crippen molar-refractivity contribution in [2.24, 2.45) is 11.8 Å². The molecule has 2 saturated carbocycles. The molecule has 2 unspecified atom stereocenters. The lowest BCUT2D eigenvalue weighted by molar-refractivity contribution is -0.137. The number of urea groups is 1. The molecule has 4 rings (SSSR count). The van der Waals surface area contributed by atoms with E-state index in [0.29, 0.717) is 18.8 Å². The fourth-order valence-corrected chi connectivity index (χ4v) is 6.45. The second-order valence-electron chi connectivity index (χ2n) is 10.3. The Labute approximate surface area is 220 Å². The molecule has 1 saturated heterocycles. The molecule has 11 heteroatoms. The van der Waals surface area contributed by atoms with Crippen molar-refractivity contribution >= 4 is 46.1 Å². The van der Waals surface area contributed by atoms with Crippen molar-refractivity contribution in [3.05, 3.63) is 11.1 Å². The van der Waals surface area contributed by atoms with Gasteiger partial charge in [-0.05, 0) is 31.6 Å². The molecule has 1 aromatic rings. The highest BCUT2D eigenvalue weighted by Gasteiger charge is 2.46. The van der Waals surface area contributed by atoms with Gasteiger partial charge in [0, 0.05) is 5.38 Å². The Bertz CT molecular complexity index is 1010. The second-order valence-corrected chi connectivity index (χ2v) is 11.1. The molecule has 4 amide bonds. The highest BCUT2D eigenvalue weighted by atomic mass is 32.1. The highest BCUT2D eigenvalue weighted by molar-refractivity contribution is 7.14. The van der Waals surface area contributed by atoms with Crippen molar-refractivity contribution in [2.45, 2.75) is 96.1 Å². The first-order chi connectivity index (χ1) is 17.9. The fourth-order valence-electron chi connectivity index (χ4n) is 5.75. The summed E-state index contributed by atoms with van der Waals surface area (Å²) in [4.78, 5) is 69.0. The number of ether oxygens (including phenoxy) is 1. The van der Waals surface area contributed by atoms with E-state index < -0.39 is 35.8 Å². The summed E-state index contributed by atoms with van der Waals surface area (Å²) in [7, 11) is 0. The molecule has 1 aliphatic heterocycles. The molecule has 0 radical (unpaired) electrons. The van der Waals surface area contributed by atoms with Crippen LogP contribution in [0.15, 0.2) is 5.38 Å². The Morgan fingerprint density at radius 1 is 1.08 bits per heavy atom. The summed E-state index contributed by atoms with van der Waals surface area (Å²) in [5.74, 6) is -2.12. The lowest BCUT2D eigenvalue weighted by Gasteiger charge is -2.30. The Morgan fingerprint density at radius 2 is 1.73 bits per heavy atom. The number of Topliss-reactive ketones (excluding diaryl/α,β-unsaturated/α-hetero) is 1. The number of ketones is 1. The maximum atomic E-state index is 13.5. The van der Waals surface area contributed by atoms with Crippen LogP contribution in [-0.4, -0.2) is 58.2 Å². The number of carbonyl (C=O) groups is 5. The molecule has 2 N–H and O–H groups in total. The number of anilines is 1. The number of esters is 1. The average molecular weight is 533 g/mol. The molecule has 2 heterocycles. The van der Waals surface area contributed by atoms with Crippen molar-refractivity contribution in [1.29, 1.82) is 0 Å². The number of nitrogens with one attached hydrogen (secondary N) is 2. The first-order valence-electron chi connectivity index (χ1n) is 13.5. The van der Waals surface area contributed by atoms with Gasteiger partial charge in [0.25, 0.3) is 11.7 Å². The molecule has 3 fully saturated rings. The van der Waals surface area contributed by atoms with Crippen molar-refractivity contribution in [3.8, 4) is 0 Å². The third-order valence-electron chi connectivity index (χ3n) is 7.67. The van der Waals surface area contributed by atoms with Crippen LogP contribution in [0.1, 0.15) is 94.5 Å². The molecule has 10 nitrogen and oxygen atoms in total. The van der Waals surface area contributed by atoms with Crippen LogP contribution in [0.3, 0.4) is 0 Å². The summed E-state index contributed by atoms with van der Waals surface area (Å²) in [5.41, 5.74) is -0.120. The van der Waals surface area contributed by atoms with E-state index in [1.54, 1.807) is 6.92 Å². The topological polar surface area (TPSA) is 135 Å². The van der Waals surface area contributed by atoms with Gasteiger partial charge in [0.2, 0.25) is 5.91 Å². The van der Waals surface area contributed by atoms with E-state index in [9.17, 15) is 24.0 Å². The SMILES string of the molecule is CCOC(=O)C(=O)c1csc(NC(=O)C(CC2CCCCC2)N2C(=O)NC(CC3CCCCC3)C2=O)n1. The molecule has 0 spiro atoms. The number of hydrogen-bond donors (Lipinski definition) is 2. The van der Waals surface area contributed by atoms with Crippen LogP contribution in [0, 0.1) is 11.8 Å². The smallest absolute Gasteiger partial charge is 0.381 e. The maximum Gasteiger partial charge on any atom is 0.381 e. The van der Waals surface area contributed by atoms with Gasteiger partial charge < -0.3 is 15.4 Å². The fraction of sp³-hybridized carbons (Fsp3) is 0.692. The molecular formula is C26H36N4O6S. The van der Waals surface area contributed by atoms with Crippen molar-refractivity contribution < 1.29 is 28.7 Å². The minimum atomic E-state index is -1.01. The molecular weight excluding hydrogens is 496 g/mol. The largest absolute Gasteiger partial charge is 0.460 e. The van der Waals surface area contributed by atoms with E-state index in [1.165, 1.54) is 11.8 Å². The normalized spacial score (nSPS) is 22.0. The minimum absolute atomic E-state index is 0.0643. The quantitative estimate of drug-likeness (QED) is 0.201. The van der Waals surface area contributed by atoms with Gasteiger partial charge in [0.1, 0.15) is 17.8 Å². The lowest BCUT2D eigenvalue weighted by atomic mass is 9.83. The number of hydrogen-bond acceptors (Lipinski definition) is 8. The van der Waals surface area contributed by atoms with Gasteiger partial charge in [0.15, 0.2) is 5.13 Å². The Kier molecular flexibility index (Phi) is 9.28. The van der Waals surface area contributed by atoms with Crippen LogP contribution in [0.25, 0.3) is 0 Å². The lowest BCUT2D eigenvalue weighted by Crippen LogP contribution is -2.49. The Balaban J connectivity index is 1.48. The molecule has 2 atom stereocenters. The number of carbonyl (C=O) groups excluding carboxylic acids is 5. The average Bonchev–Trinajstić information content (AvgIpc) is 3.47. The summed E-state index contributed by atoms with van der Waals surface area (Å²) < 4.78 is 4.73. The summed E-state index contributed by atoms with van der Waals surface area (Å²) in [6, 6.07) is -2.11. The molecule has 37 heavy (non-hydrogen) atoms. The highest BCUT2D eigenvalue weighted by Crippen LogP contribution is 2.32. The first kappa shape index (κ1) is 27.2. The van der Waals surface area contributed by atoms with Gasteiger partial charge in [-0.2, -0.15) is 0 Å². The first-order valence-corrected chi connectivity index (χ1v) is 14.4. The molecule has 1 aromatic heterocycles. The van der Waals surface area contributed by atoms with Gasteiger partial charge in [-0.15, -0.1) is 11.3 Å². The third-order valence-corrected chi connectivity index (χ3v) is 8.43. The Hall–Kier alpha value is -2.82.